The van der Waals surface area contributed by atoms with Crippen molar-refractivity contribution in [2.45, 2.75) is 6.42 Å². The van der Waals surface area contributed by atoms with Crippen LogP contribution in [0.25, 0.3) is 0 Å². The number of rotatable bonds is 0. The monoisotopic (exact) mass is 100 g/mol. The molecule has 0 aromatic heterocycles. The lowest BCUT2D eigenvalue weighted by molar-refractivity contribution is 0.130. The quantitative estimate of drug-likeness (QED) is 0.462. The van der Waals surface area contributed by atoms with Crippen LogP contribution in [-0.2, 0) is 4.74 Å². The van der Waals surface area contributed by atoms with Crippen molar-refractivity contribution in [3.63, 3.8) is 0 Å². The van der Waals surface area contributed by atoms with E-state index in [-0.39, 0.29) is 0 Å². The zero-order valence-electron chi connectivity index (χ0n) is 4.05. The fourth-order valence-corrected chi connectivity index (χ4v) is 0.420. The SMILES string of the molecule is C1=NNCOCC1. The average molecular weight is 100 g/mol. The minimum Gasteiger partial charge on any atom is -0.359 e. The van der Waals surface area contributed by atoms with E-state index in [1.54, 1.807) is 0 Å². The zero-order valence-corrected chi connectivity index (χ0v) is 4.05. The highest BCUT2D eigenvalue weighted by Crippen LogP contribution is 1.80. The molecule has 0 spiro atoms. The van der Waals surface area contributed by atoms with E-state index in [4.69, 9.17) is 4.74 Å². The molecular formula is C4H8N2O. The molecule has 1 aliphatic heterocycles. The second-order valence-electron chi connectivity index (χ2n) is 1.31. The molecule has 1 heterocycles. The maximum absolute atomic E-state index is 4.96. The summed E-state index contributed by atoms with van der Waals surface area (Å²) >= 11 is 0. The van der Waals surface area contributed by atoms with Gasteiger partial charge in [-0.1, -0.05) is 0 Å². The standard InChI is InChI=1S/C4H8N2O/c1-2-5-6-4-7-3-1/h2,6H,1,3-4H2. The van der Waals surface area contributed by atoms with Crippen molar-refractivity contribution < 1.29 is 4.74 Å². The van der Waals surface area contributed by atoms with Crippen LogP contribution in [-0.4, -0.2) is 19.6 Å². The highest BCUT2D eigenvalue weighted by Gasteiger charge is 1.86. The number of nitrogens with zero attached hydrogens (tertiary/aromatic N) is 1. The van der Waals surface area contributed by atoms with E-state index in [1.165, 1.54) is 0 Å². The Labute approximate surface area is 42.4 Å². The molecule has 0 saturated carbocycles. The molecule has 0 bridgehead atoms. The van der Waals surface area contributed by atoms with Crippen LogP contribution in [0.3, 0.4) is 0 Å². The van der Waals surface area contributed by atoms with E-state index in [1.807, 2.05) is 6.21 Å². The van der Waals surface area contributed by atoms with E-state index in [9.17, 15) is 0 Å². The van der Waals surface area contributed by atoms with Gasteiger partial charge in [-0.05, 0) is 0 Å². The minimum absolute atomic E-state index is 0.552. The molecule has 1 rings (SSSR count). The maximum atomic E-state index is 4.96. The van der Waals surface area contributed by atoms with Crippen LogP contribution in [0.5, 0.6) is 0 Å². The maximum Gasteiger partial charge on any atom is 0.132 e. The van der Waals surface area contributed by atoms with Crippen molar-refractivity contribution in [2.24, 2.45) is 5.10 Å². The lowest BCUT2D eigenvalue weighted by Crippen LogP contribution is -2.07. The predicted octanol–water partition coefficient (Wildman–Crippen LogP) is -0.0604. The number of hydrogen-bond acceptors (Lipinski definition) is 3. The third-order valence-corrected chi connectivity index (χ3v) is 0.740. The molecule has 0 unspecified atom stereocenters. The van der Waals surface area contributed by atoms with Gasteiger partial charge in [0.05, 0.1) is 6.61 Å². The first-order chi connectivity index (χ1) is 3.50. The number of ether oxygens (including phenoxy) is 1. The first-order valence-corrected chi connectivity index (χ1v) is 2.32. The summed E-state index contributed by atoms with van der Waals surface area (Å²) < 4.78 is 4.96. The number of hydrogen-bond donors (Lipinski definition) is 1. The molecule has 0 fully saturated rings. The summed E-state index contributed by atoms with van der Waals surface area (Å²) in [5, 5.41) is 3.77. The van der Waals surface area contributed by atoms with Crippen LogP contribution in [0, 0.1) is 0 Å². The van der Waals surface area contributed by atoms with Crippen LogP contribution in [0.2, 0.25) is 0 Å². The predicted molar refractivity (Wildman–Crippen MR) is 27.1 cm³/mol. The highest BCUT2D eigenvalue weighted by atomic mass is 16.5. The Balaban J connectivity index is 2.20. The van der Waals surface area contributed by atoms with Crippen molar-refractivity contribution in [1.82, 2.24) is 5.43 Å². The van der Waals surface area contributed by atoms with Gasteiger partial charge in [-0.2, -0.15) is 5.10 Å². The molecule has 0 aliphatic carbocycles. The molecule has 3 heteroatoms. The molecule has 3 nitrogen and oxygen atoms in total. The van der Waals surface area contributed by atoms with Crippen molar-refractivity contribution in [2.75, 3.05) is 13.3 Å². The van der Waals surface area contributed by atoms with Crippen LogP contribution >= 0.6 is 0 Å². The Morgan fingerprint density at radius 3 is 3.71 bits per heavy atom. The number of hydrazone groups is 1. The third kappa shape index (κ3) is 1.55. The first-order valence-electron chi connectivity index (χ1n) is 2.32. The largest absolute Gasteiger partial charge is 0.359 e. The van der Waals surface area contributed by atoms with Gasteiger partial charge in [0.1, 0.15) is 6.73 Å². The van der Waals surface area contributed by atoms with Gasteiger partial charge in [0.2, 0.25) is 0 Å². The molecular weight excluding hydrogens is 92.1 g/mol. The average Bonchev–Trinajstić information content (AvgIpc) is 1.90. The molecule has 0 radical (unpaired) electrons. The molecule has 0 aromatic carbocycles. The van der Waals surface area contributed by atoms with Gasteiger partial charge in [-0.3, -0.25) is 5.43 Å². The van der Waals surface area contributed by atoms with Gasteiger partial charge in [0, 0.05) is 12.6 Å². The lowest BCUT2D eigenvalue weighted by Gasteiger charge is -1.93. The lowest BCUT2D eigenvalue weighted by atomic mass is 10.5. The van der Waals surface area contributed by atoms with Crippen LogP contribution in [0.4, 0.5) is 0 Å². The van der Waals surface area contributed by atoms with Crippen LogP contribution in [0.15, 0.2) is 5.10 Å². The Kier molecular flexibility index (Phi) is 1.69. The second kappa shape index (κ2) is 2.58. The molecule has 0 saturated heterocycles. The third-order valence-electron chi connectivity index (χ3n) is 0.740. The van der Waals surface area contributed by atoms with E-state index in [0.29, 0.717) is 6.73 Å². The summed E-state index contributed by atoms with van der Waals surface area (Å²) in [6.45, 7) is 1.34. The van der Waals surface area contributed by atoms with E-state index in [0.717, 1.165) is 13.0 Å². The van der Waals surface area contributed by atoms with Gasteiger partial charge in [-0.25, -0.2) is 0 Å². The molecule has 0 amide bonds. The van der Waals surface area contributed by atoms with Crippen LogP contribution < -0.4 is 5.43 Å². The Morgan fingerprint density at radius 1 is 1.71 bits per heavy atom. The van der Waals surface area contributed by atoms with Gasteiger partial charge in [0.15, 0.2) is 0 Å². The van der Waals surface area contributed by atoms with E-state index >= 15 is 0 Å². The first kappa shape index (κ1) is 4.59. The molecule has 0 atom stereocenters. The van der Waals surface area contributed by atoms with Crippen molar-refractivity contribution in [3.05, 3.63) is 0 Å². The summed E-state index contributed by atoms with van der Waals surface area (Å²) in [5.41, 5.74) is 2.69. The second-order valence-corrected chi connectivity index (χ2v) is 1.31. The summed E-state index contributed by atoms with van der Waals surface area (Å²) in [4.78, 5) is 0. The normalized spacial score (nSPS) is 20.6. The topological polar surface area (TPSA) is 33.6 Å². The van der Waals surface area contributed by atoms with Crippen molar-refractivity contribution in [1.29, 1.82) is 0 Å². The van der Waals surface area contributed by atoms with Gasteiger partial charge in [0.25, 0.3) is 0 Å². The Bertz CT molecular complexity index is 64.1. The molecule has 40 valence electrons. The minimum atomic E-state index is 0.552. The summed E-state index contributed by atoms with van der Waals surface area (Å²) in [5.74, 6) is 0. The van der Waals surface area contributed by atoms with Gasteiger partial charge >= 0.3 is 0 Å². The molecule has 1 N–H and O–H groups in total. The Hall–Kier alpha value is -0.570. The summed E-state index contributed by atoms with van der Waals surface area (Å²) in [6, 6.07) is 0. The van der Waals surface area contributed by atoms with E-state index < -0.39 is 0 Å². The van der Waals surface area contributed by atoms with Crippen molar-refractivity contribution in [3.8, 4) is 0 Å². The molecule has 7 heavy (non-hydrogen) atoms. The fraction of sp³-hybridized carbons (Fsp3) is 0.750. The smallest absolute Gasteiger partial charge is 0.132 e. The number of nitrogens with one attached hydrogen (secondary N) is 1. The summed E-state index contributed by atoms with van der Waals surface area (Å²) in [6.07, 6.45) is 2.74. The summed E-state index contributed by atoms with van der Waals surface area (Å²) in [7, 11) is 0. The Morgan fingerprint density at radius 2 is 2.71 bits per heavy atom. The van der Waals surface area contributed by atoms with Gasteiger partial charge < -0.3 is 4.74 Å². The molecule has 0 aromatic rings. The van der Waals surface area contributed by atoms with E-state index in [2.05, 4.69) is 10.5 Å². The highest BCUT2D eigenvalue weighted by molar-refractivity contribution is 5.56. The molecule has 1 aliphatic rings. The van der Waals surface area contributed by atoms with Gasteiger partial charge in [-0.15, -0.1) is 0 Å². The van der Waals surface area contributed by atoms with Crippen molar-refractivity contribution >= 4 is 6.21 Å². The zero-order chi connectivity index (χ0) is 4.95. The fourth-order valence-electron chi connectivity index (χ4n) is 0.420. The van der Waals surface area contributed by atoms with Crippen LogP contribution in [0.1, 0.15) is 6.42 Å².